The first-order chi connectivity index (χ1) is 8.65. The van der Waals surface area contributed by atoms with E-state index in [1.807, 2.05) is 0 Å². The Morgan fingerprint density at radius 3 is 2.83 bits per heavy atom. The van der Waals surface area contributed by atoms with Crippen molar-refractivity contribution in [2.75, 3.05) is 6.54 Å². The Bertz CT molecular complexity index is 454. The highest BCUT2D eigenvalue weighted by molar-refractivity contribution is 5.88. The maximum absolute atomic E-state index is 12.5. The van der Waals surface area contributed by atoms with Crippen LogP contribution in [0.3, 0.4) is 0 Å². The molecule has 3 rings (SSSR count). The first-order valence-corrected chi connectivity index (χ1v) is 6.99. The van der Waals surface area contributed by atoms with Crippen LogP contribution in [0.15, 0.2) is 36.0 Å². The lowest BCUT2D eigenvalue weighted by molar-refractivity contribution is -0.133. The van der Waals surface area contributed by atoms with Gasteiger partial charge in [0.25, 0.3) is 0 Å². The number of allylic oxidation sites excluding steroid dienone is 4. The van der Waals surface area contributed by atoms with Crippen molar-refractivity contribution in [3.8, 4) is 0 Å². The van der Waals surface area contributed by atoms with E-state index in [2.05, 4.69) is 49.1 Å². The molecule has 2 atom stereocenters. The minimum atomic E-state index is 0.0293. The summed E-state index contributed by atoms with van der Waals surface area (Å²) < 4.78 is 0. The number of likely N-dealkylation sites (tertiary alicyclic amines) is 1. The standard InChI is InChI=1S/C16H21NO/c1-12-11-17(15(18)16(12)9-10-16)13(2)14-7-5-3-4-6-8-14/h3-5,7-8,12-13H,6,9-11H2,1-2H3. The Morgan fingerprint density at radius 2 is 2.17 bits per heavy atom. The van der Waals surface area contributed by atoms with E-state index in [9.17, 15) is 4.79 Å². The predicted molar refractivity (Wildman–Crippen MR) is 73.0 cm³/mol. The van der Waals surface area contributed by atoms with Gasteiger partial charge in [0.1, 0.15) is 0 Å². The van der Waals surface area contributed by atoms with Crippen molar-refractivity contribution in [3.63, 3.8) is 0 Å². The van der Waals surface area contributed by atoms with E-state index in [-0.39, 0.29) is 11.5 Å². The zero-order chi connectivity index (χ0) is 12.8. The number of hydrogen-bond acceptors (Lipinski definition) is 1. The molecular formula is C16H21NO. The van der Waals surface area contributed by atoms with E-state index >= 15 is 0 Å². The molecule has 1 saturated heterocycles. The van der Waals surface area contributed by atoms with Crippen molar-refractivity contribution < 1.29 is 4.79 Å². The van der Waals surface area contributed by atoms with Crippen molar-refractivity contribution in [1.82, 2.24) is 4.90 Å². The second-order valence-electron chi connectivity index (χ2n) is 5.92. The summed E-state index contributed by atoms with van der Waals surface area (Å²) in [6.07, 6.45) is 13.9. The smallest absolute Gasteiger partial charge is 0.229 e. The maximum Gasteiger partial charge on any atom is 0.229 e. The molecule has 0 radical (unpaired) electrons. The van der Waals surface area contributed by atoms with E-state index in [0.717, 1.165) is 25.8 Å². The number of carbonyl (C=O) groups excluding carboxylic acids is 1. The number of rotatable bonds is 2. The van der Waals surface area contributed by atoms with Crippen LogP contribution < -0.4 is 0 Å². The number of amides is 1. The van der Waals surface area contributed by atoms with Crippen LogP contribution in [-0.2, 0) is 4.79 Å². The molecule has 0 aromatic heterocycles. The van der Waals surface area contributed by atoms with Crippen LogP contribution in [0.5, 0.6) is 0 Å². The van der Waals surface area contributed by atoms with Gasteiger partial charge in [-0.3, -0.25) is 4.79 Å². The van der Waals surface area contributed by atoms with Crippen LogP contribution in [-0.4, -0.2) is 23.4 Å². The van der Waals surface area contributed by atoms with Crippen LogP contribution in [0.4, 0.5) is 0 Å². The summed E-state index contributed by atoms with van der Waals surface area (Å²) in [5.41, 5.74) is 1.31. The number of hydrogen-bond donors (Lipinski definition) is 0. The SMILES string of the molecule is CC(C1=CCC=CC=C1)N1CC(C)C2(CC2)C1=O. The highest BCUT2D eigenvalue weighted by Gasteiger charge is 2.60. The van der Waals surface area contributed by atoms with Gasteiger partial charge in [-0.15, -0.1) is 0 Å². The van der Waals surface area contributed by atoms with Gasteiger partial charge in [-0.1, -0.05) is 37.3 Å². The van der Waals surface area contributed by atoms with E-state index in [4.69, 9.17) is 0 Å². The minimum absolute atomic E-state index is 0.0293. The normalized spacial score (nSPS) is 30.6. The van der Waals surface area contributed by atoms with Gasteiger partial charge in [-0.25, -0.2) is 0 Å². The van der Waals surface area contributed by atoms with Crippen LogP contribution in [0, 0.1) is 11.3 Å². The molecule has 2 fully saturated rings. The zero-order valence-corrected chi connectivity index (χ0v) is 11.2. The predicted octanol–water partition coefficient (Wildman–Crippen LogP) is 3.08. The molecule has 96 valence electrons. The van der Waals surface area contributed by atoms with E-state index in [0.29, 0.717) is 11.8 Å². The summed E-state index contributed by atoms with van der Waals surface area (Å²) in [6, 6.07) is 0.219. The van der Waals surface area contributed by atoms with Crippen molar-refractivity contribution >= 4 is 5.91 Å². The molecule has 1 heterocycles. The highest BCUT2D eigenvalue weighted by Crippen LogP contribution is 2.57. The lowest BCUT2D eigenvalue weighted by Crippen LogP contribution is -2.37. The third-order valence-corrected chi connectivity index (χ3v) is 4.86. The average molecular weight is 243 g/mol. The van der Waals surface area contributed by atoms with Gasteiger partial charge in [-0.05, 0) is 37.7 Å². The molecule has 1 spiro atoms. The summed E-state index contributed by atoms with van der Waals surface area (Å²) in [7, 11) is 0. The van der Waals surface area contributed by atoms with Gasteiger partial charge in [0, 0.05) is 6.54 Å². The van der Waals surface area contributed by atoms with Crippen molar-refractivity contribution in [2.24, 2.45) is 11.3 Å². The van der Waals surface area contributed by atoms with Crippen molar-refractivity contribution in [3.05, 3.63) is 36.0 Å². The third-order valence-electron chi connectivity index (χ3n) is 4.86. The molecule has 0 bridgehead atoms. The number of nitrogens with zero attached hydrogens (tertiary/aromatic N) is 1. The first kappa shape index (κ1) is 11.8. The Kier molecular flexibility index (Phi) is 2.69. The second kappa shape index (κ2) is 4.11. The molecule has 0 aromatic carbocycles. The molecule has 2 unspecified atom stereocenters. The minimum Gasteiger partial charge on any atom is -0.335 e. The quantitative estimate of drug-likeness (QED) is 0.730. The van der Waals surface area contributed by atoms with Crippen LogP contribution in [0.25, 0.3) is 0 Å². The Morgan fingerprint density at radius 1 is 1.39 bits per heavy atom. The Labute approximate surface area is 109 Å². The second-order valence-corrected chi connectivity index (χ2v) is 5.92. The molecular weight excluding hydrogens is 222 g/mol. The van der Waals surface area contributed by atoms with Crippen LogP contribution in [0.1, 0.15) is 33.1 Å². The van der Waals surface area contributed by atoms with Gasteiger partial charge in [-0.2, -0.15) is 0 Å². The molecule has 2 heteroatoms. The van der Waals surface area contributed by atoms with E-state index in [1.54, 1.807) is 0 Å². The van der Waals surface area contributed by atoms with Gasteiger partial charge in [0.15, 0.2) is 0 Å². The van der Waals surface area contributed by atoms with Crippen LogP contribution >= 0.6 is 0 Å². The lowest BCUT2D eigenvalue weighted by Gasteiger charge is -2.26. The van der Waals surface area contributed by atoms with Gasteiger partial charge >= 0.3 is 0 Å². The summed E-state index contributed by atoms with van der Waals surface area (Å²) in [6.45, 7) is 5.32. The van der Waals surface area contributed by atoms with Gasteiger partial charge < -0.3 is 4.90 Å². The van der Waals surface area contributed by atoms with E-state index < -0.39 is 0 Å². The molecule has 2 aliphatic carbocycles. The summed E-state index contributed by atoms with van der Waals surface area (Å²) in [5.74, 6) is 0.926. The Balaban J connectivity index is 1.79. The molecule has 3 aliphatic rings. The van der Waals surface area contributed by atoms with Gasteiger partial charge in [0.2, 0.25) is 5.91 Å². The fraction of sp³-hybridized carbons (Fsp3) is 0.562. The molecule has 0 N–H and O–H groups in total. The first-order valence-electron chi connectivity index (χ1n) is 6.99. The summed E-state index contributed by atoms with van der Waals surface area (Å²) >= 11 is 0. The maximum atomic E-state index is 12.5. The lowest BCUT2D eigenvalue weighted by atomic mass is 9.94. The zero-order valence-electron chi connectivity index (χ0n) is 11.2. The molecule has 1 aliphatic heterocycles. The largest absolute Gasteiger partial charge is 0.335 e. The summed E-state index contributed by atoms with van der Waals surface area (Å²) in [4.78, 5) is 14.6. The molecule has 0 aromatic rings. The topological polar surface area (TPSA) is 20.3 Å². The van der Waals surface area contributed by atoms with Crippen molar-refractivity contribution in [1.29, 1.82) is 0 Å². The molecule has 1 saturated carbocycles. The molecule has 2 nitrogen and oxygen atoms in total. The van der Waals surface area contributed by atoms with Crippen LogP contribution in [0.2, 0.25) is 0 Å². The third kappa shape index (κ3) is 1.66. The summed E-state index contributed by atoms with van der Waals surface area (Å²) in [5, 5.41) is 0. The van der Waals surface area contributed by atoms with Gasteiger partial charge in [0.05, 0.1) is 11.5 Å². The Hall–Kier alpha value is -1.31. The average Bonchev–Trinajstić information content (AvgIpc) is 3.14. The van der Waals surface area contributed by atoms with E-state index in [1.165, 1.54) is 5.57 Å². The molecule has 18 heavy (non-hydrogen) atoms. The monoisotopic (exact) mass is 243 g/mol. The fourth-order valence-electron chi connectivity index (χ4n) is 3.31. The highest BCUT2D eigenvalue weighted by atomic mass is 16.2. The number of carbonyl (C=O) groups is 1. The van der Waals surface area contributed by atoms with Crippen molar-refractivity contribution in [2.45, 2.75) is 39.2 Å². The fourth-order valence-corrected chi connectivity index (χ4v) is 3.31. The molecule has 1 amide bonds.